The van der Waals surface area contributed by atoms with Crippen molar-refractivity contribution in [2.45, 2.75) is 20.8 Å². The summed E-state index contributed by atoms with van der Waals surface area (Å²) < 4.78 is 8.94. The van der Waals surface area contributed by atoms with Gasteiger partial charge in [-0.25, -0.2) is 9.97 Å². The third kappa shape index (κ3) is 4.51. The minimum Gasteiger partial charge on any atom is -0.454 e. The molecule has 1 amide bonds. The molecule has 0 unspecified atom stereocenters. The molecule has 0 bridgehead atoms. The maximum absolute atomic E-state index is 11.2. The minimum absolute atomic E-state index is 0.201. The zero-order valence-corrected chi connectivity index (χ0v) is 17.2. The number of pyridine rings is 2. The molecule has 0 saturated heterocycles. The summed E-state index contributed by atoms with van der Waals surface area (Å²) in [5, 5.41) is 3.10. The average molecular weight is 408 g/mol. The molecule has 0 fully saturated rings. The molecule has 0 saturated carbocycles. The van der Waals surface area contributed by atoms with Crippen LogP contribution >= 0.6 is 23.0 Å². The van der Waals surface area contributed by atoms with Gasteiger partial charge in [0, 0.05) is 26.2 Å². The first-order valence-corrected chi connectivity index (χ1v) is 9.96. The van der Waals surface area contributed by atoms with Gasteiger partial charge in [0.25, 0.3) is 0 Å². The van der Waals surface area contributed by atoms with Crippen molar-refractivity contribution in [1.82, 2.24) is 19.5 Å². The highest BCUT2D eigenvalue weighted by atomic mass is 35.5. The van der Waals surface area contributed by atoms with Crippen LogP contribution in [-0.2, 0) is 11.8 Å². The van der Waals surface area contributed by atoms with Crippen molar-refractivity contribution in [3.63, 3.8) is 0 Å². The Morgan fingerprint density at radius 3 is 2.93 bits per heavy atom. The molecule has 0 atom stereocenters. The number of carbonyl (C=O) groups excluding carboxylic acids is 1. The van der Waals surface area contributed by atoms with Crippen molar-refractivity contribution in [2.75, 3.05) is 11.1 Å². The SMILES string of the molecule is CC(=O)Nc1cc(Oc2cnc3[nH]/c(=[SH]/CC(C)C)n(C)c3c2Cl)ccn1. The minimum atomic E-state index is -0.201. The van der Waals surface area contributed by atoms with E-state index in [1.165, 1.54) is 18.3 Å². The summed E-state index contributed by atoms with van der Waals surface area (Å²) in [7, 11) is 1.96. The summed E-state index contributed by atoms with van der Waals surface area (Å²) >= 11 is 7.79. The highest BCUT2D eigenvalue weighted by molar-refractivity contribution is 7.91. The summed E-state index contributed by atoms with van der Waals surface area (Å²) in [6.07, 6.45) is 3.14. The quantitative estimate of drug-likeness (QED) is 0.433. The fourth-order valence-electron chi connectivity index (χ4n) is 2.49. The molecular formula is C18H22ClN5O2S. The summed E-state index contributed by atoms with van der Waals surface area (Å²) in [6, 6.07) is 3.32. The normalized spacial score (nSPS) is 12.3. The van der Waals surface area contributed by atoms with Gasteiger partial charge >= 0.3 is 0 Å². The molecule has 7 nitrogen and oxygen atoms in total. The van der Waals surface area contributed by atoms with Crippen molar-refractivity contribution in [1.29, 1.82) is 0 Å². The average Bonchev–Trinajstić information content (AvgIpc) is 2.92. The van der Waals surface area contributed by atoms with Gasteiger partial charge in [-0.2, -0.15) is 11.4 Å². The first-order chi connectivity index (χ1) is 12.8. The maximum Gasteiger partial charge on any atom is 0.222 e. The van der Waals surface area contributed by atoms with Crippen molar-refractivity contribution in [3.8, 4) is 11.5 Å². The lowest BCUT2D eigenvalue weighted by Crippen LogP contribution is -2.07. The Labute approximate surface area is 165 Å². The molecule has 0 aromatic carbocycles. The van der Waals surface area contributed by atoms with Crippen LogP contribution in [0.3, 0.4) is 0 Å². The number of anilines is 1. The maximum atomic E-state index is 11.2. The predicted molar refractivity (Wildman–Crippen MR) is 111 cm³/mol. The van der Waals surface area contributed by atoms with Crippen LogP contribution in [0.2, 0.25) is 5.02 Å². The van der Waals surface area contributed by atoms with E-state index in [9.17, 15) is 4.79 Å². The molecule has 3 rings (SSSR count). The molecule has 0 aliphatic heterocycles. The van der Waals surface area contributed by atoms with Gasteiger partial charge in [-0.3, -0.25) is 4.79 Å². The number of halogens is 1. The first kappa shape index (κ1) is 19.4. The van der Waals surface area contributed by atoms with Gasteiger partial charge in [-0.05, 0) is 17.7 Å². The molecule has 3 heterocycles. The molecule has 2 N–H and O–H groups in total. The van der Waals surface area contributed by atoms with Crippen molar-refractivity contribution in [3.05, 3.63) is 34.3 Å². The van der Waals surface area contributed by atoms with Gasteiger partial charge in [-0.15, -0.1) is 0 Å². The number of thiol groups is 1. The van der Waals surface area contributed by atoms with Gasteiger partial charge in [0.1, 0.15) is 26.9 Å². The van der Waals surface area contributed by atoms with Gasteiger partial charge in [0.15, 0.2) is 11.4 Å². The van der Waals surface area contributed by atoms with E-state index in [0.717, 1.165) is 21.7 Å². The van der Waals surface area contributed by atoms with E-state index >= 15 is 0 Å². The smallest absolute Gasteiger partial charge is 0.222 e. The number of imidazole rings is 1. The Kier molecular flexibility index (Phi) is 5.86. The first-order valence-electron chi connectivity index (χ1n) is 8.50. The second-order valence-electron chi connectivity index (χ2n) is 6.54. The Morgan fingerprint density at radius 1 is 1.44 bits per heavy atom. The summed E-state index contributed by atoms with van der Waals surface area (Å²) in [4.78, 5) is 23.0. The summed E-state index contributed by atoms with van der Waals surface area (Å²) in [5.74, 6) is 2.80. The molecule has 3 aromatic rings. The monoisotopic (exact) mass is 407 g/mol. The van der Waals surface area contributed by atoms with E-state index in [-0.39, 0.29) is 5.91 Å². The molecule has 0 aliphatic rings. The molecule has 0 radical (unpaired) electrons. The van der Waals surface area contributed by atoms with E-state index in [1.54, 1.807) is 24.5 Å². The highest BCUT2D eigenvalue weighted by Crippen LogP contribution is 2.34. The zero-order valence-electron chi connectivity index (χ0n) is 15.6. The lowest BCUT2D eigenvalue weighted by Gasteiger charge is -2.09. The Hall–Kier alpha value is -2.32. The van der Waals surface area contributed by atoms with Crippen LogP contribution in [0, 0.1) is 10.7 Å². The van der Waals surface area contributed by atoms with Crippen molar-refractivity contribution < 1.29 is 9.53 Å². The number of hydrogen-bond donors (Lipinski definition) is 3. The van der Waals surface area contributed by atoms with Crippen LogP contribution in [0.4, 0.5) is 5.82 Å². The molecule has 144 valence electrons. The number of rotatable bonds is 5. The molecule has 3 aromatic heterocycles. The second kappa shape index (κ2) is 8.14. The predicted octanol–water partition coefficient (Wildman–Crippen LogP) is 4.35. The number of aryl methyl sites for hydroxylation is 1. The number of fused-ring (bicyclic) bond motifs is 1. The number of carbonyl (C=O) groups is 1. The van der Waals surface area contributed by atoms with E-state index in [0.29, 0.717) is 28.3 Å². The van der Waals surface area contributed by atoms with Crippen molar-refractivity contribution >= 4 is 45.8 Å². The summed E-state index contributed by atoms with van der Waals surface area (Å²) in [6.45, 7) is 5.81. The number of nitrogens with zero attached hydrogens (tertiary/aromatic N) is 3. The largest absolute Gasteiger partial charge is 0.454 e. The summed E-state index contributed by atoms with van der Waals surface area (Å²) in [5.41, 5.74) is 1.51. The number of amides is 1. The van der Waals surface area contributed by atoms with E-state index in [4.69, 9.17) is 16.3 Å². The lowest BCUT2D eigenvalue weighted by atomic mass is 10.3. The number of ether oxygens (including phenoxy) is 1. The molecular weight excluding hydrogens is 386 g/mol. The number of nitrogens with one attached hydrogen (secondary N) is 2. The number of aromatic amines is 1. The van der Waals surface area contributed by atoms with E-state index in [1.807, 2.05) is 11.6 Å². The zero-order chi connectivity index (χ0) is 19.6. The van der Waals surface area contributed by atoms with Crippen LogP contribution < -0.4 is 10.1 Å². The Bertz CT molecular complexity index is 1060. The van der Waals surface area contributed by atoms with Crippen LogP contribution in [-0.4, -0.2) is 31.2 Å². The number of aromatic nitrogens is 4. The molecule has 0 aliphatic carbocycles. The topological polar surface area (TPSA) is 84.8 Å². The lowest BCUT2D eigenvalue weighted by molar-refractivity contribution is -0.114. The second-order valence-corrected chi connectivity index (χ2v) is 8.02. The van der Waals surface area contributed by atoms with Crippen LogP contribution in [0.15, 0.2) is 24.5 Å². The van der Waals surface area contributed by atoms with Crippen LogP contribution in [0.5, 0.6) is 11.5 Å². The third-order valence-corrected chi connectivity index (χ3v) is 5.70. The van der Waals surface area contributed by atoms with E-state index < -0.39 is 0 Å². The molecule has 9 heteroatoms. The van der Waals surface area contributed by atoms with Gasteiger partial charge in [0.05, 0.1) is 6.20 Å². The number of H-pyrrole nitrogens is 1. The van der Waals surface area contributed by atoms with Gasteiger partial charge in [0.2, 0.25) is 5.91 Å². The highest BCUT2D eigenvalue weighted by Gasteiger charge is 2.14. The van der Waals surface area contributed by atoms with Gasteiger partial charge in [-0.1, -0.05) is 25.4 Å². The van der Waals surface area contributed by atoms with Crippen LogP contribution in [0.25, 0.3) is 11.2 Å². The fraction of sp³-hybridized carbons (Fsp3) is 0.333. The van der Waals surface area contributed by atoms with E-state index in [2.05, 4.69) is 34.1 Å². The van der Waals surface area contributed by atoms with Crippen LogP contribution in [0.1, 0.15) is 20.8 Å². The third-order valence-electron chi connectivity index (χ3n) is 3.71. The Morgan fingerprint density at radius 2 is 2.22 bits per heavy atom. The molecule has 0 spiro atoms. The fourth-order valence-corrected chi connectivity index (χ4v) is 3.83. The van der Waals surface area contributed by atoms with Gasteiger partial charge < -0.3 is 19.6 Å². The molecule has 27 heavy (non-hydrogen) atoms. The standard InChI is InChI=1S/C18H22ClN5O2S/c1-10(2)9-27-18-23-17-16(24(18)4)15(19)13(8-21-17)26-12-5-6-20-14(7-12)22-11(3)25/h5-8,10,27H,9H2,1-4H3,(H,21,23)(H,20,22,25). The Balaban J connectivity index is 1.97. The number of hydrogen-bond acceptors (Lipinski definition) is 4. The van der Waals surface area contributed by atoms with Crippen molar-refractivity contribution in [2.24, 2.45) is 13.0 Å².